The average molecular weight is 452 g/mol. The molecule has 29 heavy (non-hydrogen) atoms. The molecule has 1 fully saturated rings. The van der Waals surface area contributed by atoms with Crippen LogP contribution in [0, 0.1) is 5.82 Å². The molecule has 1 saturated heterocycles. The van der Waals surface area contributed by atoms with Gasteiger partial charge >= 0.3 is 5.97 Å². The van der Waals surface area contributed by atoms with Crippen LogP contribution in [-0.4, -0.2) is 66.2 Å². The highest BCUT2D eigenvalue weighted by atomic mass is 35.5. The Balaban J connectivity index is 1.91. The van der Waals surface area contributed by atoms with E-state index in [9.17, 15) is 32.9 Å². The molecule has 1 aliphatic carbocycles. The van der Waals surface area contributed by atoms with E-state index in [1.807, 2.05) is 0 Å². The second-order valence-electron chi connectivity index (χ2n) is 6.69. The number of halogens is 2. The van der Waals surface area contributed by atoms with E-state index in [1.165, 1.54) is 0 Å². The predicted molar refractivity (Wildman–Crippen MR) is 99.3 cm³/mol. The molecule has 0 radical (unpaired) electrons. The zero-order chi connectivity index (χ0) is 21.4. The van der Waals surface area contributed by atoms with E-state index in [1.54, 1.807) is 0 Å². The molecule has 0 saturated carbocycles. The van der Waals surface area contributed by atoms with Crippen molar-refractivity contribution in [2.24, 2.45) is 0 Å². The summed E-state index contributed by atoms with van der Waals surface area (Å²) in [5.74, 6) is -3.71. The summed E-state index contributed by atoms with van der Waals surface area (Å²) in [5.41, 5.74) is -0.579. The molecule has 3 atom stereocenters. The summed E-state index contributed by atoms with van der Waals surface area (Å²) in [7, 11) is -4.27. The summed E-state index contributed by atoms with van der Waals surface area (Å²) in [6, 6.07) is 3.07. The Hall–Kier alpha value is -1.76. The van der Waals surface area contributed by atoms with Crippen LogP contribution in [0.1, 0.15) is 12.8 Å². The summed E-state index contributed by atoms with van der Waals surface area (Å²) in [6.07, 6.45) is -0.915. The molecule has 4 N–H and O–H groups in total. The minimum atomic E-state index is -4.27. The minimum Gasteiger partial charge on any atom is -0.478 e. The standard InChI is InChI=1S/C17H19ClFNO8S/c18-11-5-9(19)1-2-12(11)20-29(25,26)15-3-4-17(6-10(15)16(23)24)27-13(7-21)14(8-22)28-17/h1-2,5-6,13-15,20-22H,3-4,7-8H2,(H,23,24)/t13-,14-,15?/m1/s1. The van der Waals surface area contributed by atoms with Crippen molar-refractivity contribution in [1.82, 2.24) is 0 Å². The summed E-state index contributed by atoms with van der Waals surface area (Å²) >= 11 is 5.85. The number of benzene rings is 1. The maximum atomic E-state index is 13.2. The highest BCUT2D eigenvalue weighted by Gasteiger charge is 2.51. The van der Waals surface area contributed by atoms with Gasteiger partial charge < -0.3 is 24.8 Å². The number of aliphatic carboxylic acids is 1. The van der Waals surface area contributed by atoms with Gasteiger partial charge in [0.1, 0.15) is 23.3 Å². The number of rotatable bonds is 6. The van der Waals surface area contributed by atoms with E-state index in [-0.39, 0.29) is 23.6 Å². The molecule has 1 heterocycles. The van der Waals surface area contributed by atoms with E-state index in [0.29, 0.717) is 0 Å². The van der Waals surface area contributed by atoms with E-state index in [0.717, 1.165) is 24.3 Å². The van der Waals surface area contributed by atoms with Crippen LogP contribution in [0.4, 0.5) is 10.1 Å². The van der Waals surface area contributed by atoms with Crippen molar-refractivity contribution in [1.29, 1.82) is 0 Å². The van der Waals surface area contributed by atoms with Crippen LogP contribution in [-0.2, 0) is 24.3 Å². The predicted octanol–water partition coefficient (Wildman–Crippen LogP) is 0.859. The Morgan fingerprint density at radius 1 is 1.28 bits per heavy atom. The molecular weight excluding hydrogens is 433 g/mol. The van der Waals surface area contributed by atoms with Gasteiger partial charge in [0.15, 0.2) is 5.79 Å². The molecule has 0 aromatic heterocycles. The molecule has 0 amide bonds. The Bertz CT molecular complexity index is 925. The summed E-state index contributed by atoms with van der Waals surface area (Å²) in [5, 5.41) is 26.6. The number of sulfonamides is 1. The fourth-order valence-corrected chi connectivity index (χ4v) is 5.22. The molecule has 1 aromatic carbocycles. The molecule has 1 aliphatic heterocycles. The average Bonchev–Trinajstić information content (AvgIpc) is 3.01. The summed E-state index contributed by atoms with van der Waals surface area (Å²) < 4.78 is 52.2. The van der Waals surface area contributed by atoms with Crippen molar-refractivity contribution in [3.05, 3.63) is 40.7 Å². The molecule has 0 bridgehead atoms. The Kier molecular flexibility index (Phi) is 6.18. The molecule has 160 valence electrons. The number of anilines is 1. The number of carboxylic acids is 1. The van der Waals surface area contributed by atoms with Crippen LogP contribution in [0.5, 0.6) is 0 Å². The number of aliphatic hydroxyl groups excluding tert-OH is 2. The lowest BCUT2D eigenvalue weighted by atomic mass is 9.94. The number of carboxylic acid groups (broad SMARTS) is 1. The smallest absolute Gasteiger partial charge is 0.332 e. The number of carbonyl (C=O) groups is 1. The van der Waals surface area contributed by atoms with Crippen LogP contribution in [0.15, 0.2) is 29.8 Å². The second-order valence-corrected chi connectivity index (χ2v) is 8.96. The molecule has 3 rings (SSSR count). The quantitative estimate of drug-likeness (QED) is 0.498. The largest absolute Gasteiger partial charge is 0.478 e. The second kappa shape index (κ2) is 8.17. The first-order chi connectivity index (χ1) is 13.6. The fourth-order valence-electron chi connectivity index (χ4n) is 3.40. The van der Waals surface area contributed by atoms with Gasteiger partial charge in [0.05, 0.1) is 29.5 Å². The zero-order valence-electron chi connectivity index (χ0n) is 14.9. The van der Waals surface area contributed by atoms with Crippen molar-refractivity contribution in [3.63, 3.8) is 0 Å². The molecule has 2 aliphatic rings. The van der Waals surface area contributed by atoms with Crippen molar-refractivity contribution in [3.8, 4) is 0 Å². The van der Waals surface area contributed by atoms with Crippen molar-refractivity contribution >= 4 is 33.3 Å². The van der Waals surface area contributed by atoms with Crippen LogP contribution < -0.4 is 4.72 Å². The summed E-state index contributed by atoms with van der Waals surface area (Å²) in [6.45, 7) is -0.925. The normalized spacial score (nSPS) is 26.3. The third-order valence-corrected chi connectivity index (χ3v) is 6.81. The Morgan fingerprint density at radius 3 is 2.41 bits per heavy atom. The van der Waals surface area contributed by atoms with Crippen LogP contribution in [0.3, 0.4) is 0 Å². The minimum absolute atomic E-state index is 0.0283. The number of aliphatic hydroxyl groups is 2. The van der Waals surface area contributed by atoms with Crippen LogP contribution in [0.2, 0.25) is 5.02 Å². The van der Waals surface area contributed by atoms with Gasteiger partial charge in [-0.15, -0.1) is 0 Å². The van der Waals surface area contributed by atoms with Crippen molar-refractivity contribution < 1.29 is 42.4 Å². The van der Waals surface area contributed by atoms with Gasteiger partial charge in [0.2, 0.25) is 10.0 Å². The zero-order valence-corrected chi connectivity index (χ0v) is 16.5. The lowest BCUT2D eigenvalue weighted by Gasteiger charge is -2.33. The van der Waals surface area contributed by atoms with Crippen LogP contribution >= 0.6 is 11.6 Å². The van der Waals surface area contributed by atoms with E-state index in [4.69, 9.17) is 21.1 Å². The summed E-state index contributed by atoms with van der Waals surface area (Å²) in [4.78, 5) is 11.8. The molecule has 9 nitrogen and oxygen atoms in total. The van der Waals surface area contributed by atoms with E-state index in [2.05, 4.69) is 4.72 Å². The van der Waals surface area contributed by atoms with Gasteiger partial charge in [0, 0.05) is 6.42 Å². The third kappa shape index (κ3) is 4.39. The van der Waals surface area contributed by atoms with Crippen LogP contribution in [0.25, 0.3) is 0 Å². The Labute approximate surface area is 170 Å². The third-order valence-electron chi connectivity index (χ3n) is 4.76. The first-order valence-electron chi connectivity index (χ1n) is 8.61. The molecule has 1 spiro atoms. The topological polar surface area (TPSA) is 142 Å². The fraction of sp³-hybridized carbons (Fsp3) is 0.471. The van der Waals surface area contributed by atoms with E-state index < -0.39 is 63.8 Å². The number of nitrogens with one attached hydrogen (secondary N) is 1. The monoisotopic (exact) mass is 451 g/mol. The molecule has 1 unspecified atom stereocenters. The number of ether oxygens (including phenoxy) is 2. The molecule has 12 heteroatoms. The van der Waals surface area contributed by atoms with Crippen molar-refractivity contribution in [2.45, 2.75) is 36.1 Å². The lowest BCUT2D eigenvalue weighted by molar-refractivity contribution is -0.153. The Morgan fingerprint density at radius 2 is 1.90 bits per heavy atom. The maximum absolute atomic E-state index is 13.2. The van der Waals surface area contributed by atoms with Gasteiger partial charge in [-0.25, -0.2) is 17.6 Å². The van der Waals surface area contributed by atoms with Gasteiger partial charge in [0.25, 0.3) is 0 Å². The highest BCUT2D eigenvalue weighted by molar-refractivity contribution is 7.93. The molecule has 1 aromatic rings. The van der Waals surface area contributed by atoms with Gasteiger partial charge in [-0.3, -0.25) is 4.72 Å². The maximum Gasteiger partial charge on any atom is 0.332 e. The highest BCUT2D eigenvalue weighted by Crippen LogP contribution is 2.41. The van der Waals surface area contributed by atoms with E-state index >= 15 is 0 Å². The van der Waals surface area contributed by atoms with Gasteiger partial charge in [-0.05, 0) is 30.7 Å². The SMILES string of the molecule is O=C(O)C1=CC2(CCC1S(=O)(=O)Nc1ccc(F)cc1Cl)O[C@H](CO)[C@@H](CO)O2. The number of hydrogen-bond donors (Lipinski definition) is 4. The lowest BCUT2D eigenvalue weighted by Crippen LogP contribution is -2.42. The van der Waals surface area contributed by atoms with Gasteiger partial charge in [-0.1, -0.05) is 11.6 Å². The molecular formula is C17H19ClFNO8S. The van der Waals surface area contributed by atoms with Crippen molar-refractivity contribution in [2.75, 3.05) is 17.9 Å². The first kappa shape index (κ1) is 21.9. The number of hydrogen-bond acceptors (Lipinski definition) is 7. The first-order valence-corrected chi connectivity index (χ1v) is 10.5. The van der Waals surface area contributed by atoms with Gasteiger partial charge in [-0.2, -0.15) is 0 Å².